The van der Waals surface area contributed by atoms with Gasteiger partial charge in [0.25, 0.3) is 23.2 Å². The molecule has 0 aliphatic rings. The summed E-state index contributed by atoms with van der Waals surface area (Å²) in [6.45, 7) is 2.56. The van der Waals surface area contributed by atoms with Gasteiger partial charge >= 0.3 is 0 Å². The van der Waals surface area contributed by atoms with E-state index < -0.39 is 27.1 Å². The normalized spacial score (nSPS) is 10.1. The number of nitro benzene ring substituents is 2. The Morgan fingerprint density at radius 2 is 1.61 bits per heavy atom. The first kappa shape index (κ1) is 23.3. The summed E-state index contributed by atoms with van der Waals surface area (Å²) in [5.41, 5.74) is -0.669. The first-order valence-corrected chi connectivity index (χ1v) is 9.56. The van der Waals surface area contributed by atoms with Crippen molar-refractivity contribution in [2.45, 2.75) is 19.8 Å². The highest BCUT2D eigenvalue weighted by Gasteiger charge is 2.20. The van der Waals surface area contributed by atoms with Crippen molar-refractivity contribution in [2.24, 2.45) is 0 Å². The first-order valence-electron chi connectivity index (χ1n) is 9.15. The second-order valence-electron chi connectivity index (χ2n) is 6.35. The molecule has 0 aliphatic heterocycles. The first-order chi connectivity index (χ1) is 14.7. The molecule has 0 bridgehead atoms. The summed E-state index contributed by atoms with van der Waals surface area (Å²) >= 11 is 5.06. The Hall–Kier alpha value is -3.93. The van der Waals surface area contributed by atoms with Crippen molar-refractivity contribution in [1.29, 1.82) is 0 Å². The summed E-state index contributed by atoms with van der Waals surface area (Å²) in [6.07, 6.45) is 1.80. The number of nitrogens with one attached hydrogen (secondary N) is 3. The van der Waals surface area contributed by atoms with E-state index >= 15 is 0 Å². The molecule has 0 fully saturated rings. The van der Waals surface area contributed by atoms with Crippen LogP contribution in [0.3, 0.4) is 0 Å². The van der Waals surface area contributed by atoms with E-state index in [0.29, 0.717) is 17.8 Å². The van der Waals surface area contributed by atoms with Gasteiger partial charge in [0.1, 0.15) is 0 Å². The fourth-order valence-electron chi connectivity index (χ4n) is 2.49. The molecule has 3 N–H and O–H groups in total. The van der Waals surface area contributed by atoms with Gasteiger partial charge in [-0.2, -0.15) is 0 Å². The smallest absolute Gasteiger partial charge is 0.277 e. The van der Waals surface area contributed by atoms with Gasteiger partial charge < -0.3 is 10.6 Å². The van der Waals surface area contributed by atoms with Crippen molar-refractivity contribution < 1.29 is 19.4 Å². The zero-order valence-corrected chi connectivity index (χ0v) is 17.2. The average Bonchev–Trinajstić information content (AvgIpc) is 2.73. The summed E-state index contributed by atoms with van der Waals surface area (Å²) in [5.74, 6) is -1.12. The minimum absolute atomic E-state index is 0.150. The van der Waals surface area contributed by atoms with Crippen LogP contribution in [0.2, 0.25) is 0 Å². The summed E-state index contributed by atoms with van der Waals surface area (Å²) in [6, 6.07) is 8.99. The quantitative estimate of drug-likeness (QED) is 0.242. The highest BCUT2D eigenvalue weighted by Crippen LogP contribution is 2.22. The van der Waals surface area contributed by atoms with Crippen LogP contribution >= 0.6 is 12.2 Å². The van der Waals surface area contributed by atoms with Crippen molar-refractivity contribution in [3.05, 3.63) is 73.8 Å². The molecular weight excluding hydrogens is 426 g/mol. The fraction of sp³-hybridized carbons (Fsp3) is 0.211. The molecule has 2 aromatic carbocycles. The van der Waals surface area contributed by atoms with Crippen LogP contribution in [0.5, 0.6) is 0 Å². The molecule has 31 heavy (non-hydrogen) atoms. The Morgan fingerprint density at radius 1 is 0.968 bits per heavy atom. The van der Waals surface area contributed by atoms with Gasteiger partial charge in [0.2, 0.25) is 0 Å². The number of nitro groups is 2. The Morgan fingerprint density at radius 3 is 2.19 bits per heavy atom. The number of carbonyl (C=O) groups excluding carboxylic acids is 2. The predicted octanol–water partition coefficient (Wildman–Crippen LogP) is 3.16. The van der Waals surface area contributed by atoms with E-state index in [2.05, 4.69) is 16.0 Å². The van der Waals surface area contributed by atoms with Gasteiger partial charge in [-0.05, 0) is 36.8 Å². The second kappa shape index (κ2) is 10.7. The van der Waals surface area contributed by atoms with E-state index in [0.717, 1.165) is 31.0 Å². The zero-order valence-electron chi connectivity index (χ0n) is 16.4. The molecular formula is C19H19N5O6S. The summed E-state index contributed by atoms with van der Waals surface area (Å²) < 4.78 is 0. The van der Waals surface area contributed by atoms with Crippen LogP contribution in [0.15, 0.2) is 42.5 Å². The lowest BCUT2D eigenvalue weighted by molar-refractivity contribution is -0.394. The Kier molecular flexibility index (Phi) is 8.09. The molecule has 0 heterocycles. The van der Waals surface area contributed by atoms with Crippen LogP contribution in [0, 0.1) is 20.2 Å². The van der Waals surface area contributed by atoms with Crippen LogP contribution in [-0.4, -0.2) is 33.3 Å². The van der Waals surface area contributed by atoms with Crippen LogP contribution in [0.4, 0.5) is 17.1 Å². The third-order valence-electron chi connectivity index (χ3n) is 4.01. The third-order valence-corrected chi connectivity index (χ3v) is 4.22. The highest BCUT2D eigenvalue weighted by molar-refractivity contribution is 7.80. The number of hydrogen-bond donors (Lipinski definition) is 3. The molecule has 0 saturated heterocycles. The maximum atomic E-state index is 12.4. The van der Waals surface area contributed by atoms with Crippen molar-refractivity contribution in [2.75, 3.05) is 11.9 Å². The monoisotopic (exact) mass is 445 g/mol. The minimum atomic E-state index is -0.863. The molecule has 12 heteroatoms. The number of thiocarbonyl (C=S) groups is 1. The molecule has 0 spiro atoms. The number of hydrogen-bond acceptors (Lipinski definition) is 7. The van der Waals surface area contributed by atoms with Crippen molar-refractivity contribution in [3.63, 3.8) is 0 Å². The van der Waals surface area contributed by atoms with E-state index in [9.17, 15) is 29.8 Å². The zero-order chi connectivity index (χ0) is 23.0. The van der Waals surface area contributed by atoms with Crippen LogP contribution in [0.1, 0.15) is 40.5 Å². The molecule has 2 rings (SSSR count). The lowest BCUT2D eigenvalue weighted by atomic mass is 10.1. The van der Waals surface area contributed by atoms with Gasteiger partial charge in [0.05, 0.1) is 21.5 Å². The van der Waals surface area contributed by atoms with E-state index in [1.54, 1.807) is 18.2 Å². The van der Waals surface area contributed by atoms with Crippen LogP contribution in [-0.2, 0) is 0 Å². The molecule has 162 valence electrons. The molecule has 0 aromatic heterocycles. The lowest BCUT2D eigenvalue weighted by Crippen LogP contribution is -2.34. The van der Waals surface area contributed by atoms with E-state index in [4.69, 9.17) is 12.2 Å². The van der Waals surface area contributed by atoms with Crippen LogP contribution in [0.25, 0.3) is 0 Å². The van der Waals surface area contributed by atoms with Crippen molar-refractivity contribution >= 4 is 46.2 Å². The largest absolute Gasteiger partial charge is 0.352 e. The molecule has 0 radical (unpaired) electrons. The second-order valence-corrected chi connectivity index (χ2v) is 6.76. The lowest BCUT2D eigenvalue weighted by Gasteiger charge is -2.11. The summed E-state index contributed by atoms with van der Waals surface area (Å²) in [5, 5.41) is 29.6. The van der Waals surface area contributed by atoms with Gasteiger partial charge in [-0.1, -0.05) is 19.4 Å². The Balaban J connectivity index is 2.08. The fourth-order valence-corrected chi connectivity index (χ4v) is 2.70. The highest BCUT2D eigenvalue weighted by atomic mass is 32.1. The molecule has 11 nitrogen and oxygen atoms in total. The summed E-state index contributed by atoms with van der Waals surface area (Å²) in [4.78, 5) is 44.8. The SMILES string of the molecule is CCCCNC(=O)c1cccc(NC(=S)NC(=O)c2cc([N+](=O)[O-])cc([N+](=O)[O-])c2)c1. The Labute approximate surface area is 182 Å². The topological polar surface area (TPSA) is 157 Å². The van der Waals surface area contributed by atoms with Crippen molar-refractivity contribution in [1.82, 2.24) is 10.6 Å². The van der Waals surface area contributed by atoms with Crippen molar-refractivity contribution in [3.8, 4) is 0 Å². The summed E-state index contributed by atoms with van der Waals surface area (Å²) in [7, 11) is 0. The number of benzene rings is 2. The minimum Gasteiger partial charge on any atom is -0.352 e. The molecule has 0 atom stereocenters. The molecule has 0 aliphatic carbocycles. The number of nitrogens with zero attached hydrogens (tertiary/aromatic N) is 2. The molecule has 0 saturated carbocycles. The van der Waals surface area contributed by atoms with E-state index in [-0.39, 0.29) is 16.6 Å². The molecule has 2 aromatic rings. The van der Waals surface area contributed by atoms with Gasteiger partial charge in [0, 0.05) is 29.9 Å². The van der Waals surface area contributed by atoms with Gasteiger partial charge in [-0.15, -0.1) is 0 Å². The number of non-ortho nitro benzene ring substituents is 2. The number of unbranched alkanes of at least 4 members (excludes halogenated alkanes) is 1. The third kappa shape index (κ3) is 6.82. The van der Waals surface area contributed by atoms with Crippen LogP contribution < -0.4 is 16.0 Å². The van der Waals surface area contributed by atoms with Gasteiger partial charge in [-0.25, -0.2) is 0 Å². The maximum Gasteiger partial charge on any atom is 0.277 e. The standard InChI is InChI=1S/C19H19N5O6S/c1-2-3-7-20-17(25)12-5-4-6-14(8-12)21-19(31)22-18(26)13-9-15(23(27)28)11-16(10-13)24(29)30/h4-6,8-11H,2-3,7H2,1H3,(H,20,25)(H2,21,22,26,31). The van der Waals surface area contributed by atoms with E-state index in [1.807, 2.05) is 6.92 Å². The molecule has 2 amide bonds. The number of amides is 2. The molecule has 0 unspecified atom stereocenters. The number of anilines is 1. The Bertz CT molecular complexity index is 1010. The van der Waals surface area contributed by atoms with Gasteiger partial charge in [-0.3, -0.25) is 35.1 Å². The van der Waals surface area contributed by atoms with Gasteiger partial charge in [0.15, 0.2) is 5.11 Å². The predicted molar refractivity (Wildman–Crippen MR) is 117 cm³/mol. The van der Waals surface area contributed by atoms with E-state index in [1.165, 1.54) is 6.07 Å². The average molecular weight is 445 g/mol. The maximum absolute atomic E-state index is 12.4. The number of rotatable bonds is 8. The number of carbonyl (C=O) groups is 2.